The zero-order valence-electron chi connectivity index (χ0n) is 8.73. The first-order chi connectivity index (χ1) is 7.20. The largest absolute Gasteiger partial charge is 0.398 e. The number of terminal acetylenes is 1. The van der Waals surface area contributed by atoms with Gasteiger partial charge in [-0.1, -0.05) is 18.1 Å². The molecule has 1 aromatic carbocycles. The monoisotopic (exact) mass is 202 g/mol. The summed E-state index contributed by atoms with van der Waals surface area (Å²) < 4.78 is 0. The van der Waals surface area contributed by atoms with Crippen LogP contribution in [0.4, 0.5) is 5.69 Å². The third-order valence-corrected chi connectivity index (χ3v) is 2.14. The number of nitrogens with zero attached hydrogens (tertiary/aromatic N) is 1. The van der Waals surface area contributed by atoms with E-state index in [9.17, 15) is 4.79 Å². The summed E-state index contributed by atoms with van der Waals surface area (Å²) >= 11 is 0. The molecule has 0 unspecified atom stereocenters. The summed E-state index contributed by atoms with van der Waals surface area (Å²) in [6.45, 7) is 2.77. The fourth-order valence-electron chi connectivity index (χ4n) is 1.30. The van der Waals surface area contributed by atoms with E-state index in [0.717, 1.165) is 0 Å². The lowest BCUT2D eigenvalue weighted by molar-refractivity contribution is 0.0786. The van der Waals surface area contributed by atoms with E-state index in [0.29, 0.717) is 24.3 Å². The number of nitrogens with two attached hydrogens (primary N) is 1. The van der Waals surface area contributed by atoms with Crippen LogP contribution in [-0.2, 0) is 0 Å². The number of carbonyl (C=O) groups excluding carboxylic acids is 1. The molecule has 1 amide bonds. The van der Waals surface area contributed by atoms with Gasteiger partial charge in [-0.2, -0.15) is 0 Å². The van der Waals surface area contributed by atoms with E-state index >= 15 is 0 Å². The predicted octanol–water partition coefficient (Wildman–Crippen LogP) is 1.36. The van der Waals surface area contributed by atoms with Crippen molar-refractivity contribution in [3.05, 3.63) is 29.8 Å². The van der Waals surface area contributed by atoms with E-state index < -0.39 is 0 Å². The molecule has 1 aromatic rings. The van der Waals surface area contributed by atoms with Crippen LogP contribution < -0.4 is 5.73 Å². The molecule has 0 heterocycles. The molecule has 3 nitrogen and oxygen atoms in total. The summed E-state index contributed by atoms with van der Waals surface area (Å²) in [4.78, 5) is 13.5. The summed E-state index contributed by atoms with van der Waals surface area (Å²) in [5.74, 6) is 2.34. The zero-order valence-corrected chi connectivity index (χ0v) is 8.73. The van der Waals surface area contributed by atoms with Gasteiger partial charge in [0.2, 0.25) is 0 Å². The maximum Gasteiger partial charge on any atom is 0.256 e. The van der Waals surface area contributed by atoms with Crippen molar-refractivity contribution in [2.75, 3.05) is 18.8 Å². The first-order valence-electron chi connectivity index (χ1n) is 4.78. The summed E-state index contributed by atoms with van der Waals surface area (Å²) in [6, 6.07) is 6.99. The highest BCUT2D eigenvalue weighted by Gasteiger charge is 2.14. The van der Waals surface area contributed by atoms with E-state index in [-0.39, 0.29) is 5.91 Å². The van der Waals surface area contributed by atoms with Crippen LogP contribution in [-0.4, -0.2) is 23.9 Å². The molecule has 0 bridgehead atoms. The molecule has 0 aromatic heterocycles. The lowest BCUT2D eigenvalue weighted by Gasteiger charge is -2.18. The van der Waals surface area contributed by atoms with Crippen molar-refractivity contribution in [1.29, 1.82) is 0 Å². The number of amides is 1. The Kier molecular flexibility index (Phi) is 3.75. The number of para-hydroxylation sites is 1. The minimum Gasteiger partial charge on any atom is -0.398 e. The quantitative estimate of drug-likeness (QED) is 0.594. The van der Waals surface area contributed by atoms with Crippen LogP contribution in [0.15, 0.2) is 24.3 Å². The van der Waals surface area contributed by atoms with E-state index in [1.54, 1.807) is 29.2 Å². The van der Waals surface area contributed by atoms with E-state index in [1.807, 2.05) is 6.92 Å². The van der Waals surface area contributed by atoms with Crippen molar-refractivity contribution >= 4 is 11.6 Å². The van der Waals surface area contributed by atoms with Crippen LogP contribution in [0.25, 0.3) is 0 Å². The molecule has 0 atom stereocenters. The molecule has 2 N–H and O–H groups in total. The van der Waals surface area contributed by atoms with Crippen molar-refractivity contribution in [1.82, 2.24) is 4.90 Å². The third kappa shape index (κ3) is 2.50. The van der Waals surface area contributed by atoms with E-state index in [2.05, 4.69) is 5.92 Å². The Morgan fingerprint density at radius 2 is 2.20 bits per heavy atom. The standard InChI is InChI=1S/C12H14N2O/c1-3-9-14(4-2)12(15)10-7-5-6-8-11(10)13/h1,5-8H,4,9,13H2,2H3. The number of hydrogen-bond donors (Lipinski definition) is 1. The second-order valence-corrected chi connectivity index (χ2v) is 3.11. The highest BCUT2D eigenvalue weighted by molar-refractivity contribution is 5.99. The molecule has 0 aliphatic heterocycles. The lowest BCUT2D eigenvalue weighted by atomic mass is 10.1. The Morgan fingerprint density at radius 1 is 1.53 bits per heavy atom. The number of carbonyl (C=O) groups is 1. The van der Waals surface area contributed by atoms with Crippen LogP contribution >= 0.6 is 0 Å². The van der Waals surface area contributed by atoms with Crippen molar-refractivity contribution in [3.8, 4) is 12.3 Å². The van der Waals surface area contributed by atoms with Gasteiger partial charge in [0.1, 0.15) is 0 Å². The summed E-state index contributed by atoms with van der Waals surface area (Å²) in [5, 5.41) is 0. The second kappa shape index (κ2) is 5.06. The number of hydrogen-bond acceptors (Lipinski definition) is 2. The lowest BCUT2D eigenvalue weighted by Crippen LogP contribution is -2.31. The molecule has 3 heteroatoms. The van der Waals surface area contributed by atoms with Crippen molar-refractivity contribution in [2.45, 2.75) is 6.92 Å². The molecule has 0 aliphatic rings. The first kappa shape index (κ1) is 11.1. The summed E-state index contributed by atoms with van der Waals surface area (Å²) in [6.07, 6.45) is 5.18. The van der Waals surface area contributed by atoms with Crippen molar-refractivity contribution in [2.24, 2.45) is 0 Å². The predicted molar refractivity (Wildman–Crippen MR) is 61.3 cm³/mol. The fraction of sp³-hybridized carbons (Fsp3) is 0.250. The molecule has 1 rings (SSSR count). The molecule has 0 spiro atoms. The van der Waals surface area contributed by atoms with Gasteiger partial charge < -0.3 is 10.6 Å². The maximum atomic E-state index is 11.9. The average Bonchev–Trinajstić information content (AvgIpc) is 2.25. The molecule has 0 aliphatic carbocycles. The molecule has 78 valence electrons. The topological polar surface area (TPSA) is 46.3 Å². The smallest absolute Gasteiger partial charge is 0.256 e. The van der Waals surface area contributed by atoms with Gasteiger partial charge in [0.15, 0.2) is 0 Å². The van der Waals surface area contributed by atoms with Gasteiger partial charge in [-0.15, -0.1) is 6.42 Å². The first-order valence-corrected chi connectivity index (χ1v) is 4.78. The molecule has 0 saturated heterocycles. The Bertz CT molecular complexity index is 393. The van der Waals surface area contributed by atoms with Gasteiger partial charge >= 0.3 is 0 Å². The van der Waals surface area contributed by atoms with Gasteiger partial charge in [0, 0.05) is 12.2 Å². The van der Waals surface area contributed by atoms with Crippen LogP contribution in [0.5, 0.6) is 0 Å². The molecular weight excluding hydrogens is 188 g/mol. The molecule has 0 fully saturated rings. The maximum absolute atomic E-state index is 11.9. The van der Waals surface area contributed by atoms with Gasteiger partial charge in [0.25, 0.3) is 5.91 Å². The summed E-state index contributed by atoms with van der Waals surface area (Å²) in [5.41, 5.74) is 6.70. The Balaban J connectivity index is 2.94. The van der Waals surface area contributed by atoms with E-state index in [1.165, 1.54) is 0 Å². The third-order valence-electron chi connectivity index (χ3n) is 2.14. The molecule has 15 heavy (non-hydrogen) atoms. The van der Waals surface area contributed by atoms with Crippen LogP contribution in [0.3, 0.4) is 0 Å². The number of anilines is 1. The Labute approximate surface area is 89.9 Å². The second-order valence-electron chi connectivity index (χ2n) is 3.11. The van der Waals surface area contributed by atoms with Gasteiger partial charge in [-0.3, -0.25) is 4.79 Å². The highest BCUT2D eigenvalue weighted by Crippen LogP contribution is 2.13. The van der Waals surface area contributed by atoms with Gasteiger partial charge in [-0.25, -0.2) is 0 Å². The minimum atomic E-state index is -0.117. The summed E-state index contributed by atoms with van der Waals surface area (Å²) in [7, 11) is 0. The normalized spacial score (nSPS) is 9.33. The van der Waals surface area contributed by atoms with Crippen molar-refractivity contribution in [3.63, 3.8) is 0 Å². The van der Waals surface area contributed by atoms with Crippen LogP contribution in [0.2, 0.25) is 0 Å². The van der Waals surface area contributed by atoms with Crippen LogP contribution in [0, 0.1) is 12.3 Å². The highest BCUT2D eigenvalue weighted by atomic mass is 16.2. The molecule has 0 saturated carbocycles. The average molecular weight is 202 g/mol. The zero-order chi connectivity index (χ0) is 11.3. The van der Waals surface area contributed by atoms with E-state index in [4.69, 9.17) is 12.2 Å². The fourth-order valence-corrected chi connectivity index (χ4v) is 1.30. The Morgan fingerprint density at radius 3 is 2.73 bits per heavy atom. The van der Waals surface area contributed by atoms with Crippen molar-refractivity contribution < 1.29 is 4.79 Å². The Hall–Kier alpha value is -1.95. The SMILES string of the molecule is C#CCN(CC)C(=O)c1ccccc1N. The number of rotatable bonds is 3. The number of benzene rings is 1. The number of nitrogen functional groups attached to an aromatic ring is 1. The minimum absolute atomic E-state index is 0.117. The molecule has 0 radical (unpaired) electrons. The van der Waals surface area contributed by atoms with Crippen LogP contribution in [0.1, 0.15) is 17.3 Å². The van der Waals surface area contributed by atoms with Gasteiger partial charge in [-0.05, 0) is 19.1 Å². The molecular formula is C12H14N2O. The van der Waals surface area contributed by atoms with Gasteiger partial charge in [0.05, 0.1) is 12.1 Å².